The molecule has 0 N–H and O–H groups in total. The van der Waals surface area contributed by atoms with Crippen molar-refractivity contribution < 1.29 is 9.21 Å². The van der Waals surface area contributed by atoms with Crippen LogP contribution in [0.3, 0.4) is 0 Å². The molecule has 2 aromatic rings. The van der Waals surface area contributed by atoms with Crippen molar-refractivity contribution in [2.75, 3.05) is 26.2 Å². The molecule has 0 bridgehead atoms. The van der Waals surface area contributed by atoms with Crippen molar-refractivity contribution in [2.24, 2.45) is 0 Å². The van der Waals surface area contributed by atoms with Gasteiger partial charge in [0.1, 0.15) is 0 Å². The van der Waals surface area contributed by atoms with Gasteiger partial charge in [-0.3, -0.25) is 9.69 Å². The van der Waals surface area contributed by atoms with Crippen LogP contribution in [0.15, 0.2) is 28.7 Å². The predicted octanol–water partition coefficient (Wildman–Crippen LogP) is 2.63. The Balaban J connectivity index is 1.56. The van der Waals surface area contributed by atoms with Crippen LogP contribution in [0.25, 0.3) is 0 Å². The maximum atomic E-state index is 12.7. The van der Waals surface area contributed by atoms with E-state index in [0.29, 0.717) is 31.4 Å². The first kappa shape index (κ1) is 17.6. The Labute approximate surface area is 148 Å². The lowest BCUT2D eigenvalue weighted by Gasteiger charge is -2.34. The molecule has 6 heteroatoms. The molecule has 0 saturated carbocycles. The second kappa shape index (κ2) is 6.96. The molecule has 0 spiro atoms. The second-order valence-electron chi connectivity index (χ2n) is 7.61. The highest BCUT2D eigenvalue weighted by Crippen LogP contribution is 2.22. The van der Waals surface area contributed by atoms with Crippen LogP contribution in [0.5, 0.6) is 0 Å². The Morgan fingerprint density at radius 3 is 2.24 bits per heavy atom. The molecular weight excluding hydrogens is 316 g/mol. The number of carbonyl (C=O) groups excluding carboxylic acids is 1. The smallest absolute Gasteiger partial charge is 0.253 e. The molecule has 0 aliphatic carbocycles. The number of carbonyl (C=O) groups is 1. The highest BCUT2D eigenvalue weighted by atomic mass is 16.4. The fourth-order valence-corrected chi connectivity index (χ4v) is 3.00. The van der Waals surface area contributed by atoms with Gasteiger partial charge in [0, 0.05) is 38.7 Å². The van der Waals surface area contributed by atoms with Crippen LogP contribution in [0.4, 0.5) is 0 Å². The number of hydrogen-bond donors (Lipinski definition) is 0. The first-order valence-corrected chi connectivity index (χ1v) is 8.74. The Bertz CT molecular complexity index is 723. The summed E-state index contributed by atoms with van der Waals surface area (Å²) in [5, 5.41) is 7.88. The molecule has 3 rings (SSSR count). The van der Waals surface area contributed by atoms with Crippen molar-refractivity contribution in [2.45, 2.75) is 39.7 Å². The molecule has 1 saturated heterocycles. The molecule has 1 amide bonds. The van der Waals surface area contributed by atoms with E-state index in [-0.39, 0.29) is 11.3 Å². The Hall–Kier alpha value is -2.21. The maximum Gasteiger partial charge on any atom is 0.253 e. The van der Waals surface area contributed by atoms with Gasteiger partial charge in [-0.1, -0.05) is 32.9 Å². The number of nitrogens with zero attached hydrogens (tertiary/aromatic N) is 4. The molecule has 0 unspecified atom stereocenters. The number of rotatable bonds is 3. The van der Waals surface area contributed by atoms with E-state index in [9.17, 15) is 4.79 Å². The maximum absolute atomic E-state index is 12.7. The minimum Gasteiger partial charge on any atom is -0.424 e. The number of aromatic nitrogens is 2. The summed E-state index contributed by atoms with van der Waals surface area (Å²) >= 11 is 0. The summed E-state index contributed by atoms with van der Waals surface area (Å²) in [6.45, 7) is 12.0. The van der Waals surface area contributed by atoms with Crippen molar-refractivity contribution in [1.82, 2.24) is 20.0 Å². The lowest BCUT2D eigenvalue weighted by Crippen LogP contribution is -2.48. The standard InChI is InChI=1S/C19H26N4O2/c1-14-20-21-17(25-14)13-22-9-11-23(12-10-22)18(24)15-5-7-16(8-6-15)19(2,3)4/h5-8H,9-13H2,1-4H3. The fraction of sp³-hybridized carbons (Fsp3) is 0.526. The largest absolute Gasteiger partial charge is 0.424 e. The van der Waals surface area contributed by atoms with Crippen molar-refractivity contribution >= 4 is 5.91 Å². The molecule has 1 aliphatic rings. The fourth-order valence-electron chi connectivity index (χ4n) is 3.00. The SMILES string of the molecule is Cc1nnc(CN2CCN(C(=O)c3ccc(C(C)(C)C)cc3)CC2)o1. The van der Waals surface area contributed by atoms with E-state index in [0.717, 1.165) is 18.7 Å². The van der Waals surface area contributed by atoms with E-state index in [1.54, 1.807) is 6.92 Å². The van der Waals surface area contributed by atoms with Gasteiger partial charge in [0.2, 0.25) is 11.8 Å². The van der Waals surface area contributed by atoms with Gasteiger partial charge in [-0.15, -0.1) is 10.2 Å². The van der Waals surface area contributed by atoms with Gasteiger partial charge in [-0.05, 0) is 23.1 Å². The second-order valence-corrected chi connectivity index (χ2v) is 7.61. The quantitative estimate of drug-likeness (QED) is 0.858. The van der Waals surface area contributed by atoms with Crippen LogP contribution in [0.1, 0.15) is 48.5 Å². The third-order valence-corrected chi connectivity index (χ3v) is 4.58. The van der Waals surface area contributed by atoms with Crippen molar-refractivity contribution in [3.63, 3.8) is 0 Å². The lowest BCUT2D eigenvalue weighted by atomic mass is 9.86. The van der Waals surface area contributed by atoms with E-state index >= 15 is 0 Å². The van der Waals surface area contributed by atoms with Gasteiger partial charge < -0.3 is 9.32 Å². The van der Waals surface area contributed by atoms with Gasteiger partial charge in [-0.2, -0.15) is 0 Å². The highest BCUT2D eigenvalue weighted by Gasteiger charge is 2.23. The topological polar surface area (TPSA) is 62.5 Å². The molecule has 6 nitrogen and oxygen atoms in total. The summed E-state index contributed by atoms with van der Waals surface area (Å²) in [4.78, 5) is 16.8. The van der Waals surface area contributed by atoms with Crippen LogP contribution in [0.2, 0.25) is 0 Å². The number of benzene rings is 1. The first-order chi connectivity index (χ1) is 11.8. The minimum absolute atomic E-state index is 0.0975. The number of aryl methyl sites for hydroxylation is 1. The van der Waals surface area contributed by atoms with E-state index in [1.165, 1.54) is 5.56 Å². The summed E-state index contributed by atoms with van der Waals surface area (Å²) in [5.41, 5.74) is 2.10. The van der Waals surface area contributed by atoms with E-state index in [1.807, 2.05) is 17.0 Å². The van der Waals surface area contributed by atoms with Crippen LogP contribution in [0, 0.1) is 6.92 Å². The van der Waals surface area contributed by atoms with Crippen molar-refractivity contribution in [1.29, 1.82) is 0 Å². The lowest BCUT2D eigenvalue weighted by molar-refractivity contribution is 0.0617. The molecule has 1 fully saturated rings. The summed E-state index contributed by atoms with van der Waals surface area (Å²) in [6, 6.07) is 8.00. The van der Waals surface area contributed by atoms with E-state index in [2.05, 4.69) is 48.0 Å². The van der Waals surface area contributed by atoms with Crippen LogP contribution in [-0.2, 0) is 12.0 Å². The molecular formula is C19H26N4O2. The zero-order valence-corrected chi connectivity index (χ0v) is 15.5. The van der Waals surface area contributed by atoms with Crippen LogP contribution >= 0.6 is 0 Å². The third-order valence-electron chi connectivity index (χ3n) is 4.58. The molecule has 1 aliphatic heterocycles. The Morgan fingerprint density at radius 1 is 1.08 bits per heavy atom. The van der Waals surface area contributed by atoms with Gasteiger partial charge in [0.15, 0.2) is 0 Å². The molecule has 1 aromatic carbocycles. The van der Waals surface area contributed by atoms with Crippen molar-refractivity contribution in [3.05, 3.63) is 47.2 Å². The Kier molecular flexibility index (Phi) is 4.90. The summed E-state index contributed by atoms with van der Waals surface area (Å²) in [6.07, 6.45) is 0. The normalized spacial score (nSPS) is 16.2. The highest BCUT2D eigenvalue weighted by molar-refractivity contribution is 5.94. The number of amides is 1. The zero-order chi connectivity index (χ0) is 18.0. The third kappa shape index (κ3) is 4.25. The summed E-state index contributed by atoms with van der Waals surface area (Å²) in [7, 11) is 0. The summed E-state index contributed by atoms with van der Waals surface area (Å²) < 4.78 is 5.42. The monoisotopic (exact) mass is 342 g/mol. The molecule has 0 radical (unpaired) electrons. The van der Waals surface area contributed by atoms with E-state index < -0.39 is 0 Å². The molecule has 0 atom stereocenters. The number of piperazine rings is 1. The van der Waals surface area contributed by atoms with E-state index in [4.69, 9.17) is 4.42 Å². The molecule has 25 heavy (non-hydrogen) atoms. The van der Waals surface area contributed by atoms with Crippen molar-refractivity contribution in [3.8, 4) is 0 Å². The number of hydrogen-bond acceptors (Lipinski definition) is 5. The van der Waals surface area contributed by atoms with Gasteiger partial charge in [0.05, 0.1) is 6.54 Å². The average Bonchev–Trinajstić information content (AvgIpc) is 2.99. The zero-order valence-electron chi connectivity index (χ0n) is 15.5. The van der Waals surface area contributed by atoms with Gasteiger partial charge in [-0.25, -0.2) is 0 Å². The first-order valence-electron chi connectivity index (χ1n) is 8.74. The van der Waals surface area contributed by atoms with Crippen LogP contribution < -0.4 is 0 Å². The Morgan fingerprint density at radius 2 is 1.72 bits per heavy atom. The summed E-state index contributed by atoms with van der Waals surface area (Å²) in [5.74, 6) is 1.33. The van der Waals surface area contributed by atoms with Gasteiger partial charge in [0.25, 0.3) is 5.91 Å². The van der Waals surface area contributed by atoms with Gasteiger partial charge >= 0.3 is 0 Å². The predicted molar refractivity (Wildman–Crippen MR) is 95.4 cm³/mol. The van der Waals surface area contributed by atoms with Crippen LogP contribution in [-0.4, -0.2) is 52.1 Å². The molecule has 1 aromatic heterocycles. The molecule has 2 heterocycles. The molecule has 134 valence electrons. The average molecular weight is 342 g/mol. The minimum atomic E-state index is 0.0975.